The summed E-state index contributed by atoms with van der Waals surface area (Å²) in [6, 6.07) is 1.23. The van der Waals surface area contributed by atoms with Crippen molar-refractivity contribution >= 4 is 33.4 Å². The van der Waals surface area contributed by atoms with Crippen LogP contribution in [0.1, 0.15) is 149 Å². The van der Waals surface area contributed by atoms with Crippen LogP contribution >= 0.6 is 15.6 Å². The molecule has 0 aromatic carbocycles. The lowest BCUT2D eigenvalue weighted by Crippen LogP contribution is -2.36. The number of nitrogen functional groups attached to an aromatic ring is 1. The lowest BCUT2D eigenvalue weighted by Gasteiger charge is -2.21. The van der Waals surface area contributed by atoms with Gasteiger partial charge in [0.15, 0.2) is 12.3 Å². The van der Waals surface area contributed by atoms with Crippen molar-refractivity contribution in [1.29, 1.82) is 0 Å². The summed E-state index contributed by atoms with van der Waals surface area (Å²) >= 11 is 0. The number of nitrogens with two attached hydrogens (primary N) is 1. The van der Waals surface area contributed by atoms with Gasteiger partial charge in [0.1, 0.15) is 30.7 Å². The minimum absolute atomic E-state index is 0.0848. The molecule has 21 heteroatoms. The van der Waals surface area contributed by atoms with Gasteiger partial charge in [0.05, 0.1) is 19.3 Å². The molecule has 382 valence electrons. The van der Waals surface area contributed by atoms with Gasteiger partial charge in [-0.25, -0.2) is 13.9 Å². The molecule has 7 N–H and O–H groups in total. The molecule has 0 bridgehead atoms. The summed E-state index contributed by atoms with van der Waals surface area (Å²) < 4.78 is 56.4. The molecular formula is C46H77N3O16P2. The summed E-state index contributed by atoms with van der Waals surface area (Å²) in [4.78, 5) is 61.7. The SMILES string of the molecule is CCCCC/C=C\C/C=C\C/C=C\C=C\[C@H](O)CCCC(=O)O[C@H](COC(=O)CCCCCCCCCCC(C)C)COP(=O)(O)OP(=O)(O)OC[C@H]1O[C@@H](n2ccc(N)nc2=O)[C@H](O)[C@@H]1O. The van der Waals surface area contributed by atoms with Crippen LogP contribution in [0.25, 0.3) is 0 Å². The van der Waals surface area contributed by atoms with Gasteiger partial charge in [-0.2, -0.15) is 9.29 Å². The predicted octanol–water partition coefficient (Wildman–Crippen LogP) is 7.82. The van der Waals surface area contributed by atoms with Crippen LogP contribution in [0.4, 0.5) is 5.82 Å². The molecule has 1 aliphatic rings. The molecule has 19 nitrogen and oxygen atoms in total. The number of hydrogen-bond donors (Lipinski definition) is 6. The number of phosphoric acid groups is 2. The topological polar surface area (TPSA) is 286 Å². The van der Waals surface area contributed by atoms with Crippen LogP contribution in [0.2, 0.25) is 0 Å². The van der Waals surface area contributed by atoms with Crippen molar-refractivity contribution in [1.82, 2.24) is 9.55 Å². The van der Waals surface area contributed by atoms with E-state index in [9.17, 15) is 48.6 Å². The van der Waals surface area contributed by atoms with Gasteiger partial charge in [0, 0.05) is 19.0 Å². The predicted molar refractivity (Wildman–Crippen MR) is 253 cm³/mol. The smallest absolute Gasteiger partial charge is 0.462 e. The minimum atomic E-state index is -5.47. The maximum absolute atomic E-state index is 12.8. The molecule has 0 amide bonds. The lowest BCUT2D eigenvalue weighted by molar-refractivity contribution is -0.161. The van der Waals surface area contributed by atoms with Crippen molar-refractivity contribution in [3.05, 3.63) is 71.4 Å². The van der Waals surface area contributed by atoms with Gasteiger partial charge in [-0.1, -0.05) is 134 Å². The molecule has 1 fully saturated rings. The van der Waals surface area contributed by atoms with Crippen molar-refractivity contribution < 1.29 is 71.4 Å². The van der Waals surface area contributed by atoms with E-state index in [4.69, 9.17) is 29.0 Å². The Kier molecular flexibility index (Phi) is 30.4. The number of allylic oxidation sites excluding steroid dienone is 7. The van der Waals surface area contributed by atoms with E-state index in [2.05, 4.69) is 54.4 Å². The van der Waals surface area contributed by atoms with Gasteiger partial charge in [-0.05, 0) is 56.9 Å². The molecule has 2 heterocycles. The summed E-state index contributed by atoms with van der Waals surface area (Å²) in [6.07, 6.45) is 24.0. The van der Waals surface area contributed by atoms with Crippen LogP contribution in [0, 0.1) is 5.92 Å². The number of aliphatic hydroxyl groups is 3. The summed E-state index contributed by atoms with van der Waals surface area (Å²) in [6.45, 7) is 4.15. The molecule has 0 saturated carbocycles. The van der Waals surface area contributed by atoms with Gasteiger partial charge >= 0.3 is 33.3 Å². The van der Waals surface area contributed by atoms with E-state index in [0.717, 1.165) is 55.7 Å². The fourth-order valence-electron chi connectivity index (χ4n) is 6.72. The van der Waals surface area contributed by atoms with Crippen molar-refractivity contribution in [3.8, 4) is 0 Å². The van der Waals surface area contributed by atoms with Gasteiger partial charge in [0.25, 0.3) is 0 Å². The number of rotatable bonds is 37. The second-order valence-corrected chi connectivity index (χ2v) is 20.0. The third-order valence-electron chi connectivity index (χ3n) is 10.4. The zero-order chi connectivity index (χ0) is 49.5. The standard InChI is InChI=1S/C46H77N3O16P2/c1-4-5-6-7-8-9-10-11-12-13-17-20-23-27-37(50)28-25-30-42(52)63-38(33-60-41(51)29-24-21-18-15-14-16-19-22-26-36(2)3)34-61-66(56,57)65-67(58,59)62-35-39-43(53)44(54)45(64-39)49-32-31-40(47)48-46(49)55/h8-9,11-12,17,20,23,27,31-32,36-39,43-45,50,53-54H,4-7,10,13-16,18-19,21-22,24-26,28-30,33-35H2,1-3H3,(H,56,57)(H,58,59)(H2,47,48,55)/b9-8-,12-11-,20-17-,27-23+/t37-,38+,39+,43+,44+,45+/m0/s1. The van der Waals surface area contributed by atoms with E-state index >= 15 is 0 Å². The Balaban J connectivity index is 1.89. The van der Waals surface area contributed by atoms with Gasteiger partial charge in [0.2, 0.25) is 0 Å². The number of aromatic nitrogens is 2. The number of carbonyl (C=O) groups excluding carboxylic acids is 2. The highest BCUT2D eigenvalue weighted by Crippen LogP contribution is 2.60. The van der Waals surface area contributed by atoms with Crippen molar-refractivity contribution in [2.45, 2.75) is 180 Å². The van der Waals surface area contributed by atoms with Gasteiger partial charge < -0.3 is 45.1 Å². The highest BCUT2D eigenvalue weighted by molar-refractivity contribution is 7.61. The molecule has 2 unspecified atom stereocenters. The highest BCUT2D eigenvalue weighted by atomic mass is 31.3. The van der Waals surface area contributed by atoms with Crippen molar-refractivity contribution in [2.75, 3.05) is 25.6 Å². The van der Waals surface area contributed by atoms with Crippen LogP contribution in [0.5, 0.6) is 0 Å². The zero-order valence-corrected chi connectivity index (χ0v) is 41.3. The number of esters is 2. The Morgan fingerprint density at radius 3 is 2.15 bits per heavy atom. The van der Waals surface area contributed by atoms with Crippen LogP contribution < -0.4 is 11.4 Å². The Labute approximate surface area is 395 Å². The number of nitrogens with zero attached hydrogens (tertiary/aromatic N) is 2. The average molecular weight is 990 g/mol. The van der Waals surface area contributed by atoms with E-state index < -0.39 is 89.8 Å². The molecular weight excluding hydrogens is 912 g/mol. The largest absolute Gasteiger partial charge is 0.481 e. The first kappa shape index (κ1) is 59.8. The van der Waals surface area contributed by atoms with Crippen LogP contribution in [0.15, 0.2) is 65.7 Å². The van der Waals surface area contributed by atoms with Crippen LogP contribution in [-0.4, -0.2) is 96.9 Å². The first-order valence-electron chi connectivity index (χ1n) is 23.6. The number of ether oxygens (including phenoxy) is 3. The molecule has 1 aromatic rings. The van der Waals surface area contributed by atoms with Crippen LogP contribution in [0.3, 0.4) is 0 Å². The first-order chi connectivity index (χ1) is 31.9. The number of hydrogen-bond acceptors (Lipinski definition) is 16. The molecule has 2 rings (SSSR count). The molecule has 67 heavy (non-hydrogen) atoms. The second-order valence-electron chi connectivity index (χ2n) is 16.9. The first-order valence-corrected chi connectivity index (χ1v) is 26.6. The number of phosphoric ester groups is 2. The van der Waals surface area contributed by atoms with E-state index in [-0.39, 0.29) is 31.5 Å². The van der Waals surface area contributed by atoms with E-state index in [1.165, 1.54) is 51.0 Å². The maximum Gasteiger partial charge on any atom is 0.481 e. The normalized spacial score (nSPS) is 20.6. The number of carbonyl (C=O) groups is 2. The summed E-state index contributed by atoms with van der Waals surface area (Å²) in [7, 11) is -10.9. The third kappa shape index (κ3) is 28.1. The monoisotopic (exact) mass is 989 g/mol. The second kappa shape index (κ2) is 34.1. The Bertz CT molecular complexity index is 1840. The van der Waals surface area contributed by atoms with E-state index in [0.29, 0.717) is 12.3 Å². The molecule has 1 aliphatic heterocycles. The number of aliphatic hydroxyl groups excluding tert-OH is 3. The zero-order valence-electron chi connectivity index (χ0n) is 39.5. The Hall–Kier alpha value is -3.32. The molecule has 0 spiro atoms. The third-order valence-corrected chi connectivity index (χ3v) is 13.1. The summed E-state index contributed by atoms with van der Waals surface area (Å²) in [5.41, 5.74) is 4.56. The fraction of sp³-hybridized carbons (Fsp3) is 0.696. The highest BCUT2D eigenvalue weighted by Gasteiger charge is 2.46. The molecule has 1 aromatic heterocycles. The fourth-order valence-corrected chi connectivity index (χ4v) is 8.83. The van der Waals surface area contributed by atoms with E-state index in [1.807, 2.05) is 12.2 Å². The van der Waals surface area contributed by atoms with Gasteiger partial charge in [-0.15, -0.1) is 0 Å². The Morgan fingerprint density at radius 1 is 0.821 bits per heavy atom. The molecule has 0 radical (unpaired) electrons. The number of unbranched alkanes of at least 4 members (excludes halogenated alkanes) is 10. The number of anilines is 1. The molecule has 8 atom stereocenters. The lowest BCUT2D eigenvalue weighted by atomic mass is 10.0. The van der Waals surface area contributed by atoms with Gasteiger partial charge in [-0.3, -0.25) is 23.2 Å². The molecule has 0 aliphatic carbocycles. The maximum atomic E-state index is 12.8. The quantitative estimate of drug-likeness (QED) is 0.0122. The average Bonchev–Trinajstić information content (AvgIpc) is 3.54. The summed E-state index contributed by atoms with van der Waals surface area (Å²) in [5, 5.41) is 31.2. The minimum Gasteiger partial charge on any atom is -0.462 e. The van der Waals surface area contributed by atoms with Crippen LogP contribution in [-0.2, 0) is 46.3 Å². The van der Waals surface area contributed by atoms with Crippen molar-refractivity contribution in [2.24, 2.45) is 5.92 Å². The Morgan fingerprint density at radius 2 is 1.46 bits per heavy atom. The summed E-state index contributed by atoms with van der Waals surface area (Å²) in [5.74, 6) is -0.806. The van der Waals surface area contributed by atoms with Crippen molar-refractivity contribution in [3.63, 3.8) is 0 Å². The molecule has 1 saturated heterocycles. The van der Waals surface area contributed by atoms with E-state index in [1.54, 1.807) is 12.2 Å².